The Labute approximate surface area is 163 Å². The van der Waals surface area contributed by atoms with Gasteiger partial charge >= 0.3 is 0 Å². The summed E-state index contributed by atoms with van der Waals surface area (Å²) in [5.74, 6) is 1.31. The van der Waals surface area contributed by atoms with Crippen molar-refractivity contribution in [3.05, 3.63) is 72.1 Å². The number of ether oxygens (including phenoxy) is 1. The Kier molecular flexibility index (Phi) is 4.86. The van der Waals surface area contributed by atoms with Gasteiger partial charge in [-0.25, -0.2) is 9.37 Å². The van der Waals surface area contributed by atoms with Gasteiger partial charge in [0, 0.05) is 24.5 Å². The number of benzene rings is 2. The number of aromatic nitrogens is 2. The first-order chi connectivity index (χ1) is 13.5. The predicted octanol–water partition coefficient (Wildman–Crippen LogP) is 3.81. The average Bonchev–Trinajstić information content (AvgIpc) is 3.00. The van der Waals surface area contributed by atoms with Crippen LogP contribution in [0.1, 0.15) is 18.3 Å². The van der Waals surface area contributed by atoms with Crippen molar-refractivity contribution in [1.29, 1.82) is 0 Å². The molecule has 0 radical (unpaired) electrons. The highest BCUT2D eigenvalue weighted by atomic mass is 19.1. The third-order valence-electron chi connectivity index (χ3n) is 5.12. The Bertz CT molecular complexity index is 1010. The number of fused-ring (bicyclic) bond motifs is 1. The standard InChI is InChI=1S/C22H22FN3O2/c1-15-14-28-21-7-6-18(17-4-3-5-20(23)11-17)10-19(21)12-26(15)22(27)13-25-9-8-24-16(25)2/h3-11,15H,12-14H2,1-2H3/t15-/m0/s1. The van der Waals surface area contributed by atoms with Gasteiger partial charge in [0.05, 0.1) is 6.04 Å². The Morgan fingerprint density at radius 3 is 2.82 bits per heavy atom. The minimum absolute atomic E-state index is 0.0150. The van der Waals surface area contributed by atoms with Crippen LogP contribution >= 0.6 is 0 Å². The van der Waals surface area contributed by atoms with E-state index in [-0.39, 0.29) is 24.3 Å². The molecule has 3 aromatic rings. The summed E-state index contributed by atoms with van der Waals surface area (Å²) in [4.78, 5) is 19.0. The molecule has 2 aromatic carbocycles. The molecular weight excluding hydrogens is 357 g/mol. The minimum atomic E-state index is -0.273. The molecule has 6 heteroatoms. The summed E-state index contributed by atoms with van der Waals surface area (Å²) in [6.45, 7) is 4.99. The first kappa shape index (κ1) is 18.2. The maximum Gasteiger partial charge on any atom is 0.243 e. The van der Waals surface area contributed by atoms with Gasteiger partial charge in [-0.05, 0) is 49.2 Å². The Balaban J connectivity index is 1.62. The van der Waals surface area contributed by atoms with Crippen molar-refractivity contribution in [2.75, 3.05) is 6.61 Å². The van der Waals surface area contributed by atoms with Crippen LogP contribution < -0.4 is 4.74 Å². The van der Waals surface area contributed by atoms with E-state index in [9.17, 15) is 9.18 Å². The van der Waals surface area contributed by atoms with Crippen LogP contribution in [-0.2, 0) is 17.9 Å². The Morgan fingerprint density at radius 1 is 1.25 bits per heavy atom. The van der Waals surface area contributed by atoms with Crippen molar-refractivity contribution in [3.8, 4) is 16.9 Å². The molecule has 0 bridgehead atoms. The number of hydrogen-bond acceptors (Lipinski definition) is 3. The molecule has 0 spiro atoms. The van der Waals surface area contributed by atoms with Crippen molar-refractivity contribution in [1.82, 2.24) is 14.5 Å². The van der Waals surface area contributed by atoms with Crippen molar-refractivity contribution < 1.29 is 13.9 Å². The summed E-state index contributed by atoms with van der Waals surface area (Å²) in [7, 11) is 0. The Hall–Kier alpha value is -3.15. The van der Waals surface area contributed by atoms with E-state index in [4.69, 9.17) is 4.74 Å². The molecule has 1 aromatic heterocycles. The number of imidazole rings is 1. The number of rotatable bonds is 3. The van der Waals surface area contributed by atoms with Crippen molar-refractivity contribution >= 4 is 5.91 Å². The summed E-state index contributed by atoms with van der Waals surface area (Å²) in [6.07, 6.45) is 3.50. The van der Waals surface area contributed by atoms with Gasteiger partial charge in [0.25, 0.3) is 0 Å². The smallest absolute Gasteiger partial charge is 0.243 e. The normalized spacial score (nSPS) is 16.2. The van der Waals surface area contributed by atoms with E-state index in [1.165, 1.54) is 12.1 Å². The van der Waals surface area contributed by atoms with Gasteiger partial charge in [0.2, 0.25) is 5.91 Å². The number of carbonyl (C=O) groups is 1. The molecule has 0 saturated heterocycles. The molecular formula is C22H22FN3O2. The fourth-order valence-electron chi connectivity index (χ4n) is 3.47. The fraction of sp³-hybridized carbons (Fsp3) is 0.273. The molecule has 0 N–H and O–H groups in total. The zero-order valence-electron chi connectivity index (χ0n) is 15.9. The van der Waals surface area contributed by atoms with E-state index < -0.39 is 0 Å². The second-order valence-electron chi connectivity index (χ2n) is 7.12. The van der Waals surface area contributed by atoms with Crippen LogP contribution in [0.15, 0.2) is 54.9 Å². The monoisotopic (exact) mass is 379 g/mol. The maximum atomic E-state index is 13.6. The minimum Gasteiger partial charge on any atom is -0.491 e. The first-order valence-corrected chi connectivity index (χ1v) is 9.30. The fourth-order valence-corrected chi connectivity index (χ4v) is 3.47. The number of carbonyl (C=O) groups excluding carboxylic acids is 1. The van der Waals surface area contributed by atoms with E-state index in [0.29, 0.717) is 13.2 Å². The van der Waals surface area contributed by atoms with Gasteiger partial charge in [-0.3, -0.25) is 4.79 Å². The van der Waals surface area contributed by atoms with E-state index in [1.807, 2.05) is 53.8 Å². The molecule has 1 atom stereocenters. The highest BCUT2D eigenvalue weighted by Crippen LogP contribution is 2.30. The van der Waals surface area contributed by atoms with Crippen LogP contribution in [0.2, 0.25) is 0 Å². The molecule has 1 amide bonds. The molecule has 0 saturated carbocycles. The van der Waals surface area contributed by atoms with E-state index >= 15 is 0 Å². The third kappa shape index (κ3) is 3.63. The molecule has 4 rings (SSSR count). The van der Waals surface area contributed by atoms with Gasteiger partial charge in [0.1, 0.15) is 30.5 Å². The maximum absolute atomic E-state index is 13.6. The zero-order chi connectivity index (χ0) is 19.7. The summed E-state index contributed by atoms with van der Waals surface area (Å²) in [5.41, 5.74) is 2.61. The van der Waals surface area contributed by atoms with Gasteiger partial charge in [-0.2, -0.15) is 0 Å². The number of amides is 1. The van der Waals surface area contributed by atoms with Gasteiger partial charge in [0.15, 0.2) is 0 Å². The van der Waals surface area contributed by atoms with E-state index in [0.717, 1.165) is 28.3 Å². The number of aryl methyl sites for hydroxylation is 1. The van der Waals surface area contributed by atoms with E-state index in [1.54, 1.807) is 12.3 Å². The number of hydrogen-bond donors (Lipinski definition) is 0. The summed E-state index contributed by atoms with van der Waals surface area (Å²) < 4.78 is 21.4. The van der Waals surface area contributed by atoms with Crippen LogP contribution in [0.5, 0.6) is 5.75 Å². The molecule has 28 heavy (non-hydrogen) atoms. The summed E-state index contributed by atoms with van der Waals surface area (Å²) in [5, 5.41) is 0. The average molecular weight is 379 g/mol. The quantitative estimate of drug-likeness (QED) is 0.695. The van der Waals surface area contributed by atoms with E-state index in [2.05, 4.69) is 4.98 Å². The van der Waals surface area contributed by atoms with Gasteiger partial charge in [-0.15, -0.1) is 0 Å². The largest absolute Gasteiger partial charge is 0.491 e. The highest BCUT2D eigenvalue weighted by molar-refractivity contribution is 5.77. The van der Waals surface area contributed by atoms with Gasteiger partial charge < -0.3 is 14.2 Å². The van der Waals surface area contributed by atoms with Crippen molar-refractivity contribution in [2.45, 2.75) is 33.0 Å². The lowest BCUT2D eigenvalue weighted by atomic mass is 10.0. The SMILES string of the molecule is Cc1nccn1CC(=O)N1Cc2cc(-c3cccc(F)c3)ccc2OC[C@@H]1C. The van der Waals surface area contributed by atoms with Crippen LogP contribution in [0, 0.1) is 12.7 Å². The second-order valence-corrected chi connectivity index (χ2v) is 7.12. The van der Waals surface area contributed by atoms with Crippen molar-refractivity contribution in [2.24, 2.45) is 0 Å². The lowest BCUT2D eigenvalue weighted by Crippen LogP contribution is -2.41. The topological polar surface area (TPSA) is 47.4 Å². The van der Waals surface area contributed by atoms with Crippen LogP contribution in [0.25, 0.3) is 11.1 Å². The molecule has 144 valence electrons. The predicted molar refractivity (Wildman–Crippen MR) is 104 cm³/mol. The third-order valence-corrected chi connectivity index (χ3v) is 5.12. The lowest BCUT2D eigenvalue weighted by Gasteiger charge is -2.26. The second kappa shape index (κ2) is 7.46. The zero-order valence-corrected chi connectivity index (χ0v) is 15.9. The summed E-state index contributed by atoms with van der Waals surface area (Å²) in [6, 6.07) is 12.2. The Morgan fingerprint density at radius 2 is 2.07 bits per heavy atom. The number of nitrogens with zero attached hydrogens (tertiary/aromatic N) is 3. The molecule has 5 nitrogen and oxygen atoms in total. The van der Waals surface area contributed by atoms with Crippen LogP contribution in [0.3, 0.4) is 0 Å². The lowest BCUT2D eigenvalue weighted by molar-refractivity contribution is -0.134. The van der Waals surface area contributed by atoms with Crippen molar-refractivity contribution in [3.63, 3.8) is 0 Å². The first-order valence-electron chi connectivity index (χ1n) is 9.30. The highest BCUT2D eigenvalue weighted by Gasteiger charge is 2.26. The molecule has 1 aliphatic heterocycles. The molecule has 0 unspecified atom stereocenters. The molecule has 1 aliphatic rings. The molecule has 0 aliphatic carbocycles. The number of halogens is 1. The van der Waals surface area contributed by atoms with Gasteiger partial charge in [-0.1, -0.05) is 18.2 Å². The molecule has 0 fully saturated rings. The summed E-state index contributed by atoms with van der Waals surface area (Å²) >= 11 is 0. The van der Waals surface area contributed by atoms with Crippen LogP contribution in [-0.4, -0.2) is 33.0 Å². The van der Waals surface area contributed by atoms with Crippen LogP contribution in [0.4, 0.5) is 4.39 Å². The molecule has 2 heterocycles.